The number of fused-ring (bicyclic) bond motifs is 1. The van der Waals surface area contributed by atoms with Crippen molar-refractivity contribution in [1.82, 2.24) is 0 Å². The molecule has 0 radical (unpaired) electrons. The van der Waals surface area contributed by atoms with E-state index in [2.05, 4.69) is 13.0 Å². The number of para-hydroxylation sites is 1. The van der Waals surface area contributed by atoms with Gasteiger partial charge in [0.2, 0.25) is 6.79 Å². The summed E-state index contributed by atoms with van der Waals surface area (Å²) < 4.78 is 10.8. The van der Waals surface area contributed by atoms with Crippen LogP contribution in [0.4, 0.5) is 0 Å². The highest BCUT2D eigenvalue weighted by molar-refractivity contribution is 5.48. The van der Waals surface area contributed by atoms with Crippen LogP contribution < -0.4 is 9.47 Å². The summed E-state index contributed by atoms with van der Waals surface area (Å²) in [5.74, 6) is 1.87. The third-order valence-electron chi connectivity index (χ3n) is 2.78. The maximum Gasteiger partial charge on any atom is 0.231 e. The molecule has 0 N–H and O–H groups in total. The predicted molar refractivity (Wildman–Crippen MR) is 60.4 cm³/mol. The van der Waals surface area contributed by atoms with Crippen LogP contribution in [0.15, 0.2) is 18.2 Å². The van der Waals surface area contributed by atoms with Crippen LogP contribution >= 0.6 is 0 Å². The van der Waals surface area contributed by atoms with Gasteiger partial charge in [-0.3, -0.25) is 0 Å². The molecule has 0 saturated carbocycles. The van der Waals surface area contributed by atoms with Gasteiger partial charge < -0.3 is 9.47 Å². The normalized spacial score (nSPS) is 13.1. The van der Waals surface area contributed by atoms with Crippen LogP contribution in [-0.2, 0) is 6.42 Å². The highest BCUT2D eigenvalue weighted by Crippen LogP contribution is 2.35. The monoisotopic (exact) mass is 206 g/mol. The second-order valence-corrected chi connectivity index (χ2v) is 3.96. The van der Waals surface area contributed by atoms with Crippen molar-refractivity contribution in [3.05, 3.63) is 23.8 Å². The number of rotatable bonds is 5. The molecule has 2 rings (SSSR count). The largest absolute Gasteiger partial charge is 0.454 e. The van der Waals surface area contributed by atoms with E-state index < -0.39 is 0 Å². The average Bonchev–Trinajstić information content (AvgIpc) is 2.73. The molecule has 0 atom stereocenters. The second kappa shape index (κ2) is 5.06. The van der Waals surface area contributed by atoms with Crippen LogP contribution in [0, 0.1) is 0 Å². The van der Waals surface area contributed by atoms with Crippen molar-refractivity contribution >= 4 is 0 Å². The van der Waals surface area contributed by atoms with Crippen molar-refractivity contribution in [2.24, 2.45) is 0 Å². The maximum atomic E-state index is 5.46. The predicted octanol–water partition coefficient (Wildman–Crippen LogP) is 3.54. The lowest BCUT2D eigenvalue weighted by Crippen LogP contribution is -1.94. The van der Waals surface area contributed by atoms with Gasteiger partial charge in [-0.15, -0.1) is 0 Å². The van der Waals surface area contributed by atoms with Gasteiger partial charge in [-0.25, -0.2) is 0 Å². The Labute approximate surface area is 91.2 Å². The summed E-state index contributed by atoms with van der Waals surface area (Å²) in [6.07, 6.45) is 6.26. The topological polar surface area (TPSA) is 18.5 Å². The van der Waals surface area contributed by atoms with Crippen LogP contribution in [0.3, 0.4) is 0 Å². The van der Waals surface area contributed by atoms with Crippen LogP contribution in [0.25, 0.3) is 0 Å². The molecular weight excluding hydrogens is 188 g/mol. The Kier molecular flexibility index (Phi) is 3.49. The van der Waals surface area contributed by atoms with Gasteiger partial charge in [0, 0.05) is 0 Å². The summed E-state index contributed by atoms with van der Waals surface area (Å²) in [6.45, 7) is 2.61. The first kappa shape index (κ1) is 10.3. The minimum absolute atomic E-state index is 0.376. The summed E-state index contributed by atoms with van der Waals surface area (Å²) in [5.41, 5.74) is 1.29. The number of benzene rings is 1. The van der Waals surface area contributed by atoms with Crippen molar-refractivity contribution < 1.29 is 9.47 Å². The fraction of sp³-hybridized carbons (Fsp3) is 0.538. The number of hydrogen-bond donors (Lipinski definition) is 0. The Morgan fingerprint density at radius 1 is 1.13 bits per heavy atom. The molecule has 0 aromatic heterocycles. The first-order chi connectivity index (χ1) is 7.42. The van der Waals surface area contributed by atoms with Gasteiger partial charge in [0.25, 0.3) is 0 Å². The van der Waals surface area contributed by atoms with Crippen molar-refractivity contribution in [3.8, 4) is 11.5 Å². The third-order valence-corrected chi connectivity index (χ3v) is 2.78. The minimum atomic E-state index is 0.376. The second-order valence-electron chi connectivity index (χ2n) is 3.96. The average molecular weight is 206 g/mol. The standard InChI is InChI=1S/C13H18O2/c1-2-3-4-5-7-11-8-6-9-12-13(11)15-10-14-12/h6,8-9H,2-5,7,10H2,1H3. The molecule has 2 heteroatoms. The fourth-order valence-electron chi connectivity index (χ4n) is 1.93. The van der Waals surface area contributed by atoms with Gasteiger partial charge in [-0.05, 0) is 24.5 Å². The molecule has 1 heterocycles. The van der Waals surface area contributed by atoms with Gasteiger partial charge in [0.05, 0.1) is 0 Å². The number of aryl methyl sites for hydroxylation is 1. The molecular formula is C13H18O2. The summed E-state index contributed by atoms with van der Waals surface area (Å²) >= 11 is 0. The number of unbranched alkanes of at least 4 members (excludes halogenated alkanes) is 3. The Morgan fingerprint density at radius 3 is 2.93 bits per heavy atom. The molecule has 0 fully saturated rings. The molecule has 0 saturated heterocycles. The van der Waals surface area contributed by atoms with E-state index in [1.165, 1.54) is 31.2 Å². The summed E-state index contributed by atoms with van der Waals surface area (Å²) in [4.78, 5) is 0. The van der Waals surface area contributed by atoms with Crippen molar-refractivity contribution in [3.63, 3.8) is 0 Å². The first-order valence-electron chi connectivity index (χ1n) is 5.79. The van der Waals surface area contributed by atoms with Crippen LogP contribution in [0.2, 0.25) is 0 Å². The SMILES string of the molecule is CCCCCCc1cccc2c1OCO2. The molecule has 1 aliphatic rings. The fourth-order valence-corrected chi connectivity index (χ4v) is 1.93. The Morgan fingerprint density at radius 2 is 2.07 bits per heavy atom. The molecule has 0 aliphatic carbocycles. The van der Waals surface area contributed by atoms with Crippen LogP contribution in [0.1, 0.15) is 38.2 Å². The van der Waals surface area contributed by atoms with Crippen molar-refractivity contribution in [2.75, 3.05) is 6.79 Å². The zero-order chi connectivity index (χ0) is 10.5. The maximum absolute atomic E-state index is 5.46. The Bertz CT molecular complexity index is 320. The van der Waals surface area contributed by atoms with Gasteiger partial charge in [0.15, 0.2) is 11.5 Å². The highest BCUT2D eigenvalue weighted by atomic mass is 16.7. The molecule has 15 heavy (non-hydrogen) atoms. The quantitative estimate of drug-likeness (QED) is 0.686. The number of ether oxygens (including phenoxy) is 2. The van der Waals surface area contributed by atoms with E-state index in [9.17, 15) is 0 Å². The van der Waals surface area contributed by atoms with Crippen molar-refractivity contribution in [1.29, 1.82) is 0 Å². The smallest absolute Gasteiger partial charge is 0.231 e. The molecule has 0 unspecified atom stereocenters. The molecule has 0 amide bonds. The number of hydrogen-bond acceptors (Lipinski definition) is 2. The molecule has 2 nitrogen and oxygen atoms in total. The van der Waals surface area contributed by atoms with E-state index in [1.54, 1.807) is 0 Å². The Hall–Kier alpha value is -1.18. The summed E-state index contributed by atoms with van der Waals surface area (Å²) in [5, 5.41) is 0. The van der Waals surface area contributed by atoms with E-state index >= 15 is 0 Å². The molecule has 0 bridgehead atoms. The van der Waals surface area contributed by atoms with E-state index in [-0.39, 0.29) is 0 Å². The molecule has 0 spiro atoms. The highest BCUT2D eigenvalue weighted by Gasteiger charge is 2.16. The van der Waals surface area contributed by atoms with Gasteiger partial charge in [-0.1, -0.05) is 38.3 Å². The summed E-state index contributed by atoms with van der Waals surface area (Å²) in [7, 11) is 0. The van der Waals surface area contributed by atoms with Gasteiger partial charge in [0.1, 0.15) is 0 Å². The molecule has 82 valence electrons. The molecule has 1 aliphatic heterocycles. The van der Waals surface area contributed by atoms with E-state index in [1.807, 2.05) is 12.1 Å². The van der Waals surface area contributed by atoms with E-state index in [4.69, 9.17) is 9.47 Å². The van der Waals surface area contributed by atoms with Gasteiger partial charge >= 0.3 is 0 Å². The van der Waals surface area contributed by atoms with Gasteiger partial charge in [-0.2, -0.15) is 0 Å². The molecule has 1 aromatic carbocycles. The van der Waals surface area contributed by atoms with E-state index in [0.717, 1.165) is 17.9 Å². The zero-order valence-electron chi connectivity index (χ0n) is 9.29. The van der Waals surface area contributed by atoms with Crippen molar-refractivity contribution in [2.45, 2.75) is 39.0 Å². The lowest BCUT2D eigenvalue weighted by atomic mass is 10.1. The Balaban J connectivity index is 1.94. The lowest BCUT2D eigenvalue weighted by molar-refractivity contribution is 0.173. The third kappa shape index (κ3) is 2.44. The zero-order valence-corrected chi connectivity index (χ0v) is 9.29. The lowest BCUT2D eigenvalue weighted by Gasteiger charge is -2.05. The van der Waals surface area contributed by atoms with Crippen LogP contribution in [-0.4, -0.2) is 6.79 Å². The minimum Gasteiger partial charge on any atom is -0.454 e. The molecule has 1 aromatic rings. The van der Waals surface area contributed by atoms with Crippen LogP contribution in [0.5, 0.6) is 11.5 Å². The first-order valence-corrected chi connectivity index (χ1v) is 5.79. The van der Waals surface area contributed by atoms with E-state index in [0.29, 0.717) is 6.79 Å². The summed E-state index contributed by atoms with van der Waals surface area (Å²) in [6, 6.07) is 6.15.